The Kier molecular flexibility index (Phi) is 4.40. The van der Waals surface area contributed by atoms with Crippen LogP contribution in [0.3, 0.4) is 0 Å². The van der Waals surface area contributed by atoms with E-state index in [4.69, 9.17) is 4.74 Å². The molecule has 1 aliphatic heterocycles. The van der Waals surface area contributed by atoms with Crippen LogP contribution in [0.25, 0.3) is 0 Å². The quantitative estimate of drug-likeness (QED) is 0.798. The molecule has 0 bridgehead atoms. The molecule has 0 saturated carbocycles. The minimum Gasteiger partial charge on any atom is -0.444 e. The Morgan fingerprint density at radius 2 is 1.71 bits per heavy atom. The second-order valence-electron chi connectivity index (χ2n) is 6.70. The number of aromatic nitrogens is 1. The normalized spacial score (nSPS) is 23.1. The fraction of sp³-hybridized carbons (Fsp3) is 0.625. The molecule has 0 spiro atoms. The molecule has 0 radical (unpaired) electrons. The lowest BCUT2D eigenvalue weighted by atomic mass is 10.1. The molecule has 1 fully saturated rings. The Bertz CT molecular complexity index is 472. The zero-order chi connectivity index (χ0) is 15.6. The SMILES string of the molecule is C[C@@H]1CN(C(=O)OC(C)(C)C)C[C@H](C)N1c1ccncc1. The fourth-order valence-corrected chi connectivity index (χ4v) is 2.82. The molecule has 21 heavy (non-hydrogen) atoms. The van der Waals surface area contributed by atoms with Crippen LogP contribution in [0.5, 0.6) is 0 Å². The molecule has 1 aromatic rings. The molecule has 0 N–H and O–H groups in total. The molecule has 2 rings (SSSR count). The number of carbonyl (C=O) groups is 1. The summed E-state index contributed by atoms with van der Waals surface area (Å²) >= 11 is 0. The highest BCUT2D eigenvalue weighted by Gasteiger charge is 2.33. The van der Waals surface area contributed by atoms with Crippen LogP contribution in [0, 0.1) is 0 Å². The van der Waals surface area contributed by atoms with Crippen molar-refractivity contribution in [1.29, 1.82) is 0 Å². The second kappa shape index (κ2) is 5.92. The van der Waals surface area contributed by atoms with Crippen LogP contribution in [0.1, 0.15) is 34.6 Å². The molecule has 2 atom stereocenters. The summed E-state index contributed by atoms with van der Waals surface area (Å²) in [5, 5.41) is 0. The highest BCUT2D eigenvalue weighted by Crippen LogP contribution is 2.24. The predicted octanol–water partition coefficient (Wildman–Crippen LogP) is 2.92. The van der Waals surface area contributed by atoms with Crippen LogP contribution in [-0.4, -0.2) is 46.8 Å². The van der Waals surface area contributed by atoms with Gasteiger partial charge in [-0.25, -0.2) is 4.79 Å². The largest absolute Gasteiger partial charge is 0.444 e. The van der Waals surface area contributed by atoms with Crippen LogP contribution in [0.4, 0.5) is 10.5 Å². The first-order valence-electron chi connectivity index (χ1n) is 7.44. The van der Waals surface area contributed by atoms with E-state index in [2.05, 4.69) is 23.7 Å². The van der Waals surface area contributed by atoms with Crippen LogP contribution >= 0.6 is 0 Å². The molecule has 1 amide bonds. The summed E-state index contributed by atoms with van der Waals surface area (Å²) in [4.78, 5) is 20.4. The second-order valence-corrected chi connectivity index (χ2v) is 6.70. The average Bonchev–Trinajstić information content (AvgIpc) is 2.37. The highest BCUT2D eigenvalue weighted by molar-refractivity contribution is 5.69. The van der Waals surface area contributed by atoms with Gasteiger partial charge < -0.3 is 14.5 Å². The van der Waals surface area contributed by atoms with E-state index in [1.165, 1.54) is 0 Å². The van der Waals surface area contributed by atoms with Gasteiger partial charge in [0.1, 0.15) is 5.60 Å². The summed E-state index contributed by atoms with van der Waals surface area (Å²) in [5.41, 5.74) is 0.694. The number of hydrogen-bond donors (Lipinski definition) is 0. The molecule has 1 aliphatic rings. The third-order valence-corrected chi connectivity index (χ3v) is 3.53. The first-order chi connectivity index (χ1) is 9.78. The van der Waals surface area contributed by atoms with Gasteiger partial charge in [-0.1, -0.05) is 0 Å². The lowest BCUT2D eigenvalue weighted by Gasteiger charge is -2.45. The van der Waals surface area contributed by atoms with Gasteiger partial charge in [-0.05, 0) is 46.8 Å². The Morgan fingerprint density at radius 1 is 1.19 bits per heavy atom. The fourth-order valence-electron chi connectivity index (χ4n) is 2.82. The Morgan fingerprint density at radius 3 is 2.19 bits per heavy atom. The van der Waals surface area contributed by atoms with Crippen molar-refractivity contribution in [3.63, 3.8) is 0 Å². The predicted molar refractivity (Wildman–Crippen MR) is 83.4 cm³/mol. The first kappa shape index (κ1) is 15.6. The van der Waals surface area contributed by atoms with Gasteiger partial charge in [0.2, 0.25) is 0 Å². The molecular formula is C16H25N3O2. The summed E-state index contributed by atoms with van der Waals surface area (Å²) in [7, 11) is 0. The maximum atomic E-state index is 12.2. The molecule has 5 nitrogen and oxygen atoms in total. The number of anilines is 1. The summed E-state index contributed by atoms with van der Waals surface area (Å²) in [5.74, 6) is 0. The molecule has 2 heterocycles. The van der Waals surface area contributed by atoms with E-state index >= 15 is 0 Å². The standard InChI is InChI=1S/C16H25N3O2/c1-12-10-18(15(20)21-16(3,4)5)11-13(2)19(12)14-6-8-17-9-7-14/h6-9,12-13H,10-11H2,1-5H3/t12-,13+. The number of hydrogen-bond acceptors (Lipinski definition) is 4. The number of amides is 1. The Balaban J connectivity index is 2.07. The van der Waals surface area contributed by atoms with Crippen molar-refractivity contribution in [2.45, 2.75) is 52.3 Å². The number of piperazine rings is 1. The molecule has 5 heteroatoms. The number of ether oxygens (including phenoxy) is 1. The maximum Gasteiger partial charge on any atom is 0.410 e. The van der Waals surface area contributed by atoms with Crippen LogP contribution in [0.2, 0.25) is 0 Å². The van der Waals surface area contributed by atoms with Gasteiger partial charge in [0, 0.05) is 43.3 Å². The third kappa shape index (κ3) is 3.86. The van der Waals surface area contributed by atoms with Crippen molar-refractivity contribution in [1.82, 2.24) is 9.88 Å². The molecule has 116 valence electrons. The van der Waals surface area contributed by atoms with Crippen LogP contribution < -0.4 is 4.90 Å². The van der Waals surface area contributed by atoms with Crippen molar-refractivity contribution in [2.24, 2.45) is 0 Å². The number of pyridine rings is 1. The molecular weight excluding hydrogens is 266 g/mol. The lowest BCUT2D eigenvalue weighted by molar-refractivity contribution is 0.0193. The molecule has 1 aromatic heterocycles. The molecule has 0 aromatic carbocycles. The lowest BCUT2D eigenvalue weighted by Crippen LogP contribution is -2.58. The van der Waals surface area contributed by atoms with E-state index < -0.39 is 5.60 Å². The van der Waals surface area contributed by atoms with Gasteiger partial charge >= 0.3 is 6.09 Å². The maximum absolute atomic E-state index is 12.2. The van der Waals surface area contributed by atoms with E-state index in [0.29, 0.717) is 13.1 Å². The Labute approximate surface area is 126 Å². The van der Waals surface area contributed by atoms with E-state index in [0.717, 1.165) is 5.69 Å². The average molecular weight is 291 g/mol. The van der Waals surface area contributed by atoms with Gasteiger partial charge in [-0.2, -0.15) is 0 Å². The van der Waals surface area contributed by atoms with E-state index in [-0.39, 0.29) is 18.2 Å². The van der Waals surface area contributed by atoms with E-state index in [1.807, 2.05) is 32.9 Å². The first-order valence-corrected chi connectivity index (χ1v) is 7.44. The van der Waals surface area contributed by atoms with E-state index in [1.54, 1.807) is 17.3 Å². The zero-order valence-electron chi connectivity index (χ0n) is 13.5. The smallest absolute Gasteiger partial charge is 0.410 e. The summed E-state index contributed by atoms with van der Waals surface area (Å²) in [6, 6.07) is 4.50. The minimum absolute atomic E-state index is 0.226. The van der Waals surface area contributed by atoms with Crippen molar-refractivity contribution in [2.75, 3.05) is 18.0 Å². The number of carbonyl (C=O) groups excluding carboxylic acids is 1. The minimum atomic E-state index is -0.453. The zero-order valence-corrected chi connectivity index (χ0v) is 13.5. The molecule has 0 aliphatic carbocycles. The van der Waals surface area contributed by atoms with Gasteiger partial charge in [0.15, 0.2) is 0 Å². The Hall–Kier alpha value is -1.78. The van der Waals surface area contributed by atoms with Crippen molar-refractivity contribution < 1.29 is 9.53 Å². The van der Waals surface area contributed by atoms with Crippen molar-refractivity contribution in [3.05, 3.63) is 24.5 Å². The molecule has 0 unspecified atom stereocenters. The highest BCUT2D eigenvalue weighted by atomic mass is 16.6. The summed E-state index contributed by atoms with van der Waals surface area (Å²) < 4.78 is 5.47. The molecule has 1 saturated heterocycles. The van der Waals surface area contributed by atoms with E-state index in [9.17, 15) is 4.79 Å². The van der Waals surface area contributed by atoms with Gasteiger partial charge in [-0.15, -0.1) is 0 Å². The topological polar surface area (TPSA) is 45.7 Å². The number of nitrogens with zero attached hydrogens (tertiary/aromatic N) is 3. The van der Waals surface area contributed by atoms with Crippen molar-refractivity contribution >= 4 is 11.8 Å². The van der Waals surface area contributed by atoms with Gasteiger partial charge in [-0.3, -0.25) is 4.98 Å². The van der Waals surface area contributed by atoms with Crippen LogP contribution in [0.15, 0.2) is 24.5 Å². The third-order valence-electron chi connectivity index (χ3n) is 3.53. The monoisotopic (exact) mass is 291 g/mol. The van der Waals surface area contributed by atoms with Crippen LogP contribution in [-0.2, 0) is 4.74 Å². The van der Waals surface area contributed by atoms with Gasteiger partial charge in [0.25, 0.3) is 0 Å². The number of rotatable bonds is 1. The van der Waals surface area contributed by atoms with Crippen molar-refractivity contribution in [3.8, 4) is 0 Å². The van der Waals surface area contributed by atoms with Gasteiger partial charge in [0.05, 0.1) is 0 Å². The summed E-state index contributed by atoms with van der Waals surface area (Å²) in [6.07, 6.45) is 3.37. The summed E-state index contributed by atoms with van der Waals surface area (Å²) in [6.45, 7) is 11.3.